The van der Waals surface area contributed by atoms with Gasteiger partial charge in [0.1, 0.15) is 24.8 Å². The van der Waals surface area contributed by atoms with Crippen LogP contribution in [0, 0.1) is 6.92 Å². The van der Waals surface area contributed by atoms with Gasteiger partial charge in [0, 0.05) is 38.0 Å². The fraction of sp³-hybridized carbons (Fsp3) is 0.550. The number of methoxy groups -OCH3 is 1. The molecule has 0 radical (unpaired) electrons. The third-order valence-corrected chi connectivity index (χ3v) is 6.26. The first kappa shape index (κ1) is 21.4. The van der Waals surface area contributed by atoms with Crippen LogP contribution in [0.25, 0.3) is 0 Å². The lowest BCUT2D eigenvalue weighted by Gasteiger charge is -2.25. The van der Waals surface area contributed by atoms with Crippen LogP contribution in [-0.4, -0.2) is 55.2 Å². The number of ether oxygens (including phenoxy) is 1. The fourth-order valence-electron chi connectivity index (χ4n) is 3.51. The average molecular weight is 444 g/mol. The predicted octanol–water partition coefficient (Wildman–Crippen LogP) is 1.22. The summed E-state index contributed by atoms with van der Waals surface area (Å²) in [6, 6.07) is 4.46. The van der Waals surface area contributed by atoms with Gasteiger partial charge in [0.2, 0.25) is 0 Å². The highest BCUT2D eigenvalue weighted by molar-refractivity contribution is 7.09. The Morgan fingerprint density at radius 3 is 3.03 bits per heavy atom. The number of aromatic nitrogens is 6. The lowest BCUT2D eigenvalue weighted by atomic mass is 10.1. The van der Waals surface area contributed by atoms with Crippen LogP contribution in [0.5, 0.6) is 0 Å². The molecule has 3 aromatic heterocycles. The minimum absolute atomic E-state index is 0.221. The molecule has 1 unspecified atom stereocenters. The van der Waals surface area contributed by atoms with E-state index in [-0.39, 0.29) is 6.04 Å². The van der Waals surface area contributed by atoms with E-state index in [0.29, 0.717) is 13.2 Å². The Hall–Kier alpha value is -2.79. The van der Waals surface area contributed by atoms with Gasteiger partial charge in [0.25, 0.3) is 0 Å². The summed E-state index contributed by atoms with van der Waals surface area (Å²) in [5, 5.41) is 22.1. The van der Waals surface area contributed by atoms with Crippen molar-refractivity contribution in [3.05, 3.63) is 45.7 Å². The molecule has 31 heavy (non-hydrogen) atoms. The zero-order chi connectivity index (χ0) is 21.6. The molecule has 3 aromatic rings. The number of thiophene rings is 1. The van der Waals surface area contributed by atoms with Gasteiger partial charge in [-0.05, 0) is 31.2 Å². The molecule has 166 valence electrons. The first-order valence-corrected chi connectivity index (χ1v) is 11.3. The van der Waals surface area contributed by atoms with Gasteiger partial charge in [-0.2, -0.15) is 5.10 Å². The molecule has 0 spiro atoms. The number of hydrogen-bond acceptors (Lipinski definition) is 7. The van der Waals surface area contributed by atoms with Gasteiger partial charge in [-0.3, -0.25) is 0 Å². The smallest absolute Gasteiger partial charge is 0.192 e. The second kappa shape index (κ2) is 10.0. The van der Waals surface area contributed by atoms with Crippen LogP contribution in [0.1, 0.15) is 34.6 Å². The molecule has 1 atom stereocenters. The highest BCUT2D eigenvalue weighted by atomic mass is 32.1. The van der Waals surface area contributed by atoms with Crippen LogP contribution in [0.15, 0.2) is 22.5 Å². The Kier molecular flexibility index (Phi) is 6.92. The molecule has 0 bridgehead atoms. The van der Waals surface area contributed by atoms with Gasteiger partial charge in [-0.15, -0.1) is 21.5 Å². The number of nitrogens with zero attached hydrogens (tertiary/aromatic N) is 7. The number of guanidine groups is 1. The number of hydrogen-bond donors (Lipinski definition) is 2. The van der Waals surface area contributed by atoms with Crippen LogP contribution in [0.3, 0.4) is 0 Å². The molecule has 11 heteroatoms. The number of aliphatic imine (C=N–C) groups is 1. The summed E-state index contributed by atoms with van der Waals surface area (Å²) in [6.07, 6.45) is 2.80. The summed E-state index contributed by atoms with van der Waals surface area (Å²) >= 11 is 1.77. The predicted molar refractivity (Wildman–Crippen MR) is 119 cm³/mol. The van der Waals surface area contributed by atoms with E-state index in [1.54, 1.807) is 18.4 Å². The standard InChI is InChI=1S/C20H29N9OS/c1-14-25-26-19(28(14)2)11-22-20(21-9-8-16-5-4-10-31-16)23-15-6-7-18-24-17(13-30-3)27-29(18)12-15/h4-5,10,15H,6-9,11-13H2,1-3H3,(H2,21,22,23). The zero-order valence-corrected chi connectivity index (χ0v) is 19.0. The molecular formula is C20H29N9OS. The second-order valence-electron chi connectivity index (χ2n) is 7.58. The summed E-state index contributed by atoms with van der Waals surface area (Å²) in [5.41, 5.74) is 0. The molecule has 0 amide bonds. The van der Waals surface area contributed by atoms with Crippen LogP contribution in [0.2, 0.25) is 0 Å². The molecule has 0 saturated carbocycles. The van der Waals surface area contributed by atoms with Crippen molar-refractivity contribution in [3.8, 4) is 0 Å². The third kappa shape index (κ3) is 5.47. The van der Waals surface area contributed by atoms with Gasteiger partial charge in [-0.25, -0.2) is 14.7 Å². The van der Waals surface area contributed by atoms with Crippen molar-refractivity contribution in [3.63, 3.8) is 0 Å². The Morgan fingerprint density at radius 1 is 1.39 bits per heavy atom. The van der Waals surface area contributed by atoms with Crippen molar-refractivity contribution in [2.75, 3.05) is 13.7 Å². The maximum atomic E-state index is 5.16. The van der Waals surface area contributed by atoms with Gasteiger partial charge < -0.3 is 19.9 Å². The Morgan fingerprint density at radius 2 is 2.29 bits per heavy atom. The molecule has 4 rings (SSSR count). The maximum absolute atomic E-state index is 5.16. The highest BCUT2D eigenvalue weighted by Gasteiger charge is 2.22. The topological polar surface area (TPSA) is 107 Å². The van der Waals surface area contributed by atoms with Crippen molar-refractivity contribution < 1.29 is 4.74 Å². The number of fused-ring (bicyclic) bond motifs is 1. The Labute approximate surface area is 185 Å². The quantitative estimate of drug-likeness (QED) is 0.398. The monoisotopic (exact) mass is 443 g/mol. The van der Waals surface area contributed by atoms with E-state index in [1.807, 2.05) is 23.2 Å². The minimum Gasteiger partial charge on any atom is -0.377 e. The lowest BCUT2D eigenvalue weighted by Crippen LogP contribution is -2.47. The van der Waals surface area contributed by atoms with E-state index >= 15 is 0 Å². The van der Waals surface area contributed by atoms with E-state index in [2.05, 4.69) is 48.4 Å². The largest absolute Gasteiger partial charge is 0.377 e. The Bertz CT molecular complexity index is 1010. The molecule has 0 fully saturated rings. The zero-order valence-electron chi connectivity index (χ0n) is 18.2. The van der Waals surface area contributed by atoms with Crippen LogP contribution < -0.4 is 10.6 Å². The average Bonchev–Trinajstić information content (AvgIpc) is 3.48. The lowest BCUT2D eigenvalue weighted by molar-refractivity contribution is 0.177. The van der Waals surface area contributed by atoms with Gasteiger partial charge in [0.15, 0.2) is 17.6 Å². The van der Waals surface area contributed by atoms with Crippen molar-refractivity contribution >= 4 is 17.3 Å². The van der Waals surface area contributed by atoms with E-state index in [1.165, 1.54) is 4.88 Å². The molecule has 0 aliphatic carbocycles. The molecule has 4 heterocycles. The van der Waals surface area contributed by atoms with E-state index < -0.39 is 0 Å². The van der Waals surface area contributed by atoms with Crippen LogP contribution in [-0.2, 0) is 44.3 Å². The molecule has 0 aromatic carbocycles. The molecular weight excluding hydrogens is 414 g/mol. The summed E-state index contributed by atoms with van der Waals surface area (Å²) in [4.78, 5) is 10.7. The minimum atomic E-state index is 0.221. The van der Waals surface area contributed by atoms with Gasteiger partial charge in [-0.1, -0.05) is 6.07 Å². The third-order valence-electron chi connectivity index (χ3n) is 5.32. The van der Waals surface area contributed by atoms with Gasteiger partial charge in [0.05, 0.1) is 6.54 Å². The maximum Gasteiger partial charge on any atom is 0.192 e. The van der Waals surface area contributed by atoms with Crippen molar-refractivity contribution in [2.24, 2.45) is 12.0 Å². The summed E-state index contributed by atoms with van der Waals surface area (Å²) in [5.74, 6) is 4.25. The number of nitrogens with one attached hydrogen (secondary N) is 2. The summed E-state index contributed by atoms with van der Waals surface area (Å²) < 4.78 is 9.10. The number of rotatable bonds is 8. The van der Waals surface area contributed by atoms with Crippen LogP contribution >= 0.6 is 11.3 Å². The first-order valence-electron chi connectivity index (χ1n) is 10.5. The summed E-state index contributed by atoms with van der Waals surface area (Å²) in [7, 11) is 3.62. The van der Waals surface area contributed by atoms with Gasteiger partial charge >= 0.3 is 0 Å². The van der Waals surface area contributed by atoms with E-state index in [4.69, 9.17) is 9.73 Å². The molecule has 1 aliphatic heterocycles. The molecule has 2 N–H and O–H groups in total. The SMILES string of the molecule is COCc1nc2n(n1)CC(NC(=NCc1nnc(C)n1C)NCCc1cccs1)CC2. The van der Waals surface area contributed by atoms with Crippen LogP contribution in [0.4, 0.5) is 0 Å². The molecule has 1 aliphatic rings. The Balaban J connectivity index is 1.41. The van der Waals surface area contributed by atoms with Crippen molar-refractivity contribution in [1.29, 1.82) is 0 Å². The molecule has 0 saturated heterocycles. The fourth-order valence-corrected chi connectivity index (χ4v) is 4.22. The first-order chi connectivity index (χ1) is 15.1. The van der Waals surface area contributed by atoms with E-state index in [0.717, 1.165) is 61.6 Å². The van der Waals surface area contributed by atoms with Crippen molar-refractivity contribution in [2.45, 2.75) is 51.9 Å². The normalized spacial score (nSPS) is 16.4. The molecule has 10 nitrogen and oxygen atoms in total. The summed E-state index contributed by atoms with van der Waals surface area (Å²) in [6.45, 7) is 4.40. The highest BCUT2D eigenvalue weighted by Crippen LogP contribution is 2.14. The second-order valence-corrected chi connectivity index (χ2v) is 8.61. The number of aryl methyl sites for hydroxylation is 2. The van der Waals surface area contributed by atoms with Crippen molar-refractivity contribution in [1.82, 2.24) is 40.2 Å². The van der Waals surface area contributed by atoms with E-state index in [9.17, 15) is 0 Å².